The molecule has 0 bridgehead atoms. The van der Waals surface area contributed by atoms with Crippen LogP contribution in [-0.2, 0) is 17.1 Å². The van der Waals surface area contributed by atoms with Crippen LogP contribution in [-0.4, -0.2) is 37.4 Å². The van der Waals surface area contributed by atoms with Crippen molar-refractivity contribution in [1.29, 1.82) is 0 Å². The molecule has 8 heteroatoms. The third-order valence-corrected chi connectivity index (χ3v) is 1.94. The van der Waals surface area contributed by atoms with E-state index < -0.39 is 30.3 Å². The van der Waals surface area contributed by atoms with Crippen molar-refractivity contribution in [2.45, 2.75) is 32.0 Å². The number of hydrogen-bond acceptors (Lipinski definition) is 5. The molecule has 0 spiro atoms. The molecule has 0 aliphatic carbocycles. The van der Waals surface area contributed by atoms with Crippen molar-refractivity contribution in [3.63, 3.8) is 0 Å². The molecule has 1 radical (unpaired) electrons. The molecule has 1 heterocycles. The van der Waals surface area contributed by atoms with E-state index in [0.29, 0.717) is 0 Å². The van der Waals surface area contributed by atoms with Crippen LogP contribution in [0.2, 0.25) is 0 Å². The van der Waals surface area contributed by atoms with E-state index in [1.54, 1.807) is 0 Å². The van der Waals surface area contributed by atoms with Crippen molar-refractivity contribution in [3.05, 3.63) is 18.0 Å². The zero-order valence-corrected chi connectivity index (χ0v) is 9.47. The van der Waals surface area contributed by atoms with Gasteiger partial charge in [0.1, 0.15) is 5.82 Å². The molecule has 0 aliphatic rings. The number of aliphatic hydroxyl groups excluding tert-OH is 2. The van der Waals surface area contributed by atoms with Gasteiger partial charge < -0.3 is 10.2 Å². The zero-order chi connectivity index (χ0) is 11.6. The molecule has 1 aromatic heterocycles. The van der Waals surface area contributed by atoms with Crippen LogP contribution in [0.15, 0.2) is 0 Å². The Kier molecular flexibility index (Phi) is 5.88. The molecule has 0 aromatic carbocycles. The van der Waals surface area contributed by atoms with E-state index in [0.717, 1.165) is 0 Å². The molecule has 95 valence electrons. The van der Waals surface area contributed by atoms with Gasteiger partial charge >= 0.3 is 12.2 Å². The van der Waals surface area contributed by atoms with E-state index in [4.69, 9.17) is 0 Å². The Hall–Kier alpha value is -0.691. The van der Waals surface area contributed by atoms with Gasteiger partial charge in [-0.3, -0.25) is 0 Å². The molecule has 0 fully saturated rings. The minimum Gasteiger partial charge on any atom is -0.393 e. The molecular weight excluding hydrogens is 272 g/mol. The fourth-order valence-electron chi connectivity index (χ4n) is 1.32. The van der Waals surface area contributed by atoms with Crippen LogP contribution in [0.1, 0.15) is 25.6 Å². The van der Waals surface area contributed by atoms with Crippen LogP contribution in [0.25, 0.3) is 0 Å². The molecule has 1 rings (SSSR count). The third kappa shape index (κ3) is 3.71. The van der Waals surface area contributed by atoms with Gasteiger partial charge in [-0.25, -0.2) is 0 Å². The van der Waals surface area contributed by atoms with Gasteiger partial charge in [-0.05, 0) is 13.8 Å². The maximum absolute atomic E-state index is 12.6. The van der Waals surface area contributed by atoms with Crippen LogP contribution in [0.5, 0.6) is 0 Å². The van der Waals surface area contributed by atoms with E-state index in [9.17, 15) is 19.0 Å². The van der Waals surface area contributed by atoms with Gasteiger partial charge in [0.15, 0.2) is 0 Å². The average molecular weight is 283 g/mol. The normalized spacial score (nSPS) is 16.1. The molecule has 0 amide bonds. The number of hydrogen-bond donors (Lipinski definition) is 2. The minimum absolute atomic E-state index is 0. The molecular formula is C8H11CuF2N3O2. The largest absolute Gasteiger partial charge is 0.393 e. The van der Waals surface area contributed by atoms with E-state index in [-0.39, 0.29) is 22.9 Å². The van der Waals surface area contributed by atoms with Gasteiger partial charge in [0.05, 0.1) is 18.1 Å². The number of nitrogens with zero attached hydrogens (tertiary/aromatic N) is 3. The smallest absolute Gasteiger partial charge is 0.314 e. The van der Waals surface area contributed by atoms with Gasteiger partial charge in [-0.15, -0.1) is 0 Å². The summed E-state index contributed by atoms with van der Waals surface area (Å²) >= 11 is 0. The predicted molar refractivity (Wildman–Crippen MR) is 45.8 cm³/mol. The van der Waals surface area contributed by atoms with Crippen LogP contribution in [0, 0.1) is 12.2 Å². The maximum atomic E-state index is 12.6. The summed E-state index contributed by atoms with van der Waals surface area (Å²) < 4.78 is 25.3. The number of aromatic nitrogens is 3. The first-order chi connectivity index (χ1) is 6.91. The van der Waals surface area contributed by atoms with Crippen molar-refractivity contribution < 1.29 is 36.1 Å². The second kappa shape index (κ2) is 6.15. The molecule has 0 aliphatic heterocycles. The first-order valence-electron chi connectivity index (χ1n) is 4.35. The van der Waals surface area contributed by atoms with Gasteiger partial charge in [0, 0.05) is 17.1 Å². The average Bonchev–Trinajstić information content (AvgIpc) is 1.99. The van der Waals surface area contributed by atoms with Crippen LogP contribution in [0.4, 0.5) is 8.78 Å². The molecule has 16 heavy (non-hydrogen) atoms. The van der Waals surface area contributed by atoms with Crippen molar-refractivity contribution in [2.75, 3.05) is 0 Å². The summed E-state index contributed by atoms with van der Waals surface area (Å²) in [5.74, 6) is -1.25. The molecule has 5 nitrogen and oxygen atoms in total. The summed E-state index contributed by atoms with van der Waals surface area (Å²) in [7, 11) is 0. The van der Waals surface area contributed by atoms with Crippen molar-refractivity contribution in [1.82, 2.24) is 15.0 Å². The van der Waals surface area contributed by atoms with E-state index >= 15 is 0 Å². The first kappa shape index (κ1) is 15.3. The summed E-state index contributed by atoms with van der Waals surface area (Å²) in [6.45, 7) is 2.74. The molecule has 0 saturated heterocycles. The van der Waals surface area contributed by atoms with Crippen molar-refractivity contribution in [2.24, 2.45) is 0 Å². The topological polar surface area (TPSA) is 79.1 Å². The van der Waals surface area contributed by atoms with E-state index in [2.05, 4.69) is 15.0 Å². The van der Waals surface area contributed by atoms with Gasteiger partial charge in [0.25, 0.3) is 0 Å². The zero-order valence-electron chi connectivity index (χ0n) is 8.53. The summed E-state index contributed by atoms with van der Waals surface area (Å²) in [5, 5.41) is 18.6. The Morgan fingerprint density at radius 3 is 1.62 bits per heavy atom. The monoisotopic (exact) mass is 282 g/mol. The number of aliphatic hydroxyl groups is 2. The third-order valence-electron chi connectivity index (χ3n) is 1.94. The first-order valence-corrected chi connectivity index (χ1v) is 4.35. The van der Waals surface area contributed by atoms with E-state index in [1.165, 1.54) is 13.8 Å². The quantitative estimate of drug-likeness (QED) is 0.763. The fraction of sp³-hybridized carbons (Fsp3) is 0.625. The SMILES string of the molecule is CC(O)C(c1nc(F)nc(F)n1)C(C)O.[Cu]. The van der Waals surface area contributed by atoms with Crippen molar-refractivity contribution >= 4 is 0 Å². The van der Waals surface area contributed by atoms with Gasteiger partial charge in [0.2, 0.25) is 0 Å². The number of halogens is 2. The van der Waals surface area contributed by atoms with E-state index in [1.807, 2.05) is 0 Å². The Morgan fingerprint density at radius 1 is 0.938 bits per heavy atom. The van der Waals surface area contributed by atoms with Crippen LogP contribution in [0.3, 0.4) is 0 Å². The Labute approximate surface area is 101 Å². The fourth-order valence-corrected chi connectivity index (χ4v) is 1.32. The van der Waals surface area contributed by atoms with Crippen LogP contribution < -0.4 is 0 Å². The summed E-state index contributed by atoms with van der Waals surface area (Å²) in [6.07, 6.45) is -4.59. The van der Waals surface area contributed by atoms with Gasteiger partial charge in [-0.2, -0.15) is 23.7 Å². The molecule has 2 unspecified atom stereocenters. The molecule has 0 saturated carbocycles. The Morgan fingerprint density at radius 2 is 1.31 bits per heavy atom. The summed E-state index contributed by atoms with van der Waals surface area (Å²) in [5.41, 5.74) is 0. The Balaban J connectivity index is 0.00000225. The molecule has 1 aromatic rings. The minimum atomic E-state index is -1.27. The standard InChI is InChI=1S/C8H11F2N3O2.Cu/c1-3(14)5(4(2)15)6-11-7(9)13-8(10)12-6;/h3-5,14-15H,1-2H3;. The second-order valence-corrected chi connectivity index (χ2v) is 3.24. The number of rotatable bonds is 3. The second-order valence-electron chi connectivity index (χ2n) is 3.24. The van der Waals surface area contributed by atoms with Crippen LogP contribution >= 0.6 is 0 Å². The molecule has 2 N–H and O–H groups in total. The Bertz CT molecular complexity index is 324. The predicted octanol–water partition coefficient (Wildman–Crippen LogP) is -0.00750. The maximum Gasteiger partial charge on any atom is 0.314 e. The summed E-state index contributed by atoms with van der Waals surface area (Å²) in [4.78, 5) is 9.17. The summed E-state index contributed by atoms with van der Waals surface area (Å²) in [6, 6.07) is 0. The molecule has 2 atom stereocenters. The van der Waals surface area contributed by atoms with Gasteiger partial charge in [-0.1, -0.05) is 0 Å². The van der Waals surface area contributed by atoms with Crippen molar-refractivity contribution in [3.8, 4) is 0 Å².